The summed E-state index contributed by atoms with van der Waals surface area (Å²) in [5, 5.41) is 20.1. The lowest BCUT2D eigenvalue weighted by Gasteiger charge is -2.04. The smallest absolute Gasteiger partial charge is 0.272 e. The lowest BCUT2D eigenvalue weighted by Crippen LogP contribution is -1.99. The van der Waals surface area contributed by atoms with Gasteiger partial charge in [0.1, 0.15) is 5.82 Å². The number of hydrogen-bond donors (Lipinski definition) is 1. The second kappa shape index (κ2) is 5.19. The first-order chi connectivity index (χ1) is 8.95. The standard InChI is InChI=1S/C13H13FN2O3/c1-9(17)11-2-3-15(8-11)7-10-4-12(14)6-13(5-10)16(18)19/h2-6,8-9,17H,7H2,1H3. The molecule has 0 aliphatic heterocycles. The summed E-state index contributed by atoms with van der Waals surface area (Å²) in [7, 11) is 0. The Morgan fingerprint density at radius 1 is 1.47 bits per heavy atom. The van der Waals surface area contributed by atoms with Gasteiger partial charge >= 0.3 is 0 Å². The van der Waals surface area contributed by atoms with Gasteiger partial charge in [0.2, 0.25) is 0 Å². The molecule has 0 bridgehead atoms. The van der Waals surface area contributed by atoms with E-state index in [2.05, 4.69) is 0 Å². The molecule has 0 spiro atoms. The molecule has 100 valence electrons. The predicted molar refractivity (Wildman–Crippen MR) is 67.2 cm³/mol. The predicted octanol–water partition coefficient (Wildman–Crippen LogP) is 2.64. The molecule has 1 atom stereocenters. The number of halogens is 1. The lowest BCUT2D eigenvalue weighted by molar-refractivity contribution is -0.385. The number of aliphatic hydroxyl groups is 1. The third kappa shape index (κ3) is 3.17. The quantitative estimate of drug-likeness (QED) is 0.681. The minimum atomic E-state index is -0.632. The van der Waals surface area contributed by atoms with Crippen LogP contribution in [0.3, 0.4) is 0 Å². The van der Waals surface area contributed by atoms with E-state index in [0.29, 0.717) is 12.1 Å². The van der Waals surface area contributed by atoms with Gasteiger partial charge in [-0.2, -0.15) is 0 Å². The van der Waals surface area contributed by atoms with Gasteiger partial charge in [-0.3, -0.25) is 10.1 Å². The van der Waals surface area contributed by atoms with Crippen molar-refractivity contribution >= 4 is 5.69 Å². The van der Waals surface area contributed by atoms with Gasteiger partial charge in [0.15, 0.2) is 0 Å². The van der Waals surface area contributed by atoms with Gasteiger partial charge in [-0.05, 0) is 30.2 Å². The van der Waals surface area contributed by atoms with Crippen molar-refractivity contribution in [3.63, 3.8) is 0 Å². The Hall–Kier alpha value is -2.21. The number of non-ortho nitro benzene ring substituents is 1. The van der Waals surface area contributed by atoms with Crippen molar-refractivity contribution in [1.82, 2.24) is 4.57 Å². The summed E-state index contributed by atoms with van der Waals surface area (Å²) < 4.78 is 15.0. The molecule has 6 heteroatoms. The van der Waals surface area contributed by atoms with E-state index in [1.165, 1.54) is 12.1 Å². The fraction of sp³-hybridized carbons (Fsp3) is 0.231. The van der Waals surface area contributed by atoms with E-state index in [4.69, 9.17) is 0 Å². The minimum Gasteiger partial charge on any atom is -0.389 e. The van der Waals surface area contributed by atoms with Crippen molar-refractivity contribution in [1.29, 1.82) is 0 Å². The summed E-state index contributed by atoms with van der Waals surface area (Å²) in [6, 6.07) is 5.24. The maximum Gasteiger partial charge on any atom is 0.272 e. The monoisotopic (exact) mass is 264 g/mol. The zero-order valence-corrected chi connectivity index (χ0v) is 10.3. The Morgan fingerprint density at radius 2 is 2.21 bits per heavy atom. The van der Waals surface area contributed by atoms with Crippen LogP contribution in [0.2, 0.25) is 0 Å². The number of hydrogen-bond acceptors (Lipinski definition) is 3. The first kappa shape index (κ1) is 13.2. The molecule has 1 N–H and O–H groups in total. The van der Waals surface area contributed by atoms with E-state index in [1.54, 1.807) is 30.0 Å². The number of nitrogens with zero attached hydrogens (tertiary/aromatic N) is 2. The van der Waals surface area contributed by atoms with E-state index < -0.39 is 16.8 Å². The summed E-state index contributed by atoms with van der Waals surface area (Å²) in [6.07, 6.45) is 2.88. The lowest BCUT2D eigenvalue weighted by atomic mass is 10.2. The number of aliphatic hydroxyl groups excluding tert-OH is 1. The first-order valence-electron chi connectivity index (χ1n) is 5.73. The third-order valence-corrected chi connectivity index (χ3v) is 2.77. The highest BCUT2D eigenvalue weighted by Crippen LogP contribution is 2.18. The van der Waals surface area contributed by atoms with Gasteiger partial charge in [-0.15, -0.1) is 0 Å². The third-order valence-electron chi connectivity index (χ3n) is 2.77. The molecule has 0 saturated heterocycles. The Kier molecular flexibility index (Phi) is 3.62. The second-order valence-corrected chi connectivity index (χ2v) is 4.37. The largest absolute Gasteiger partial charge is 0.389 e. The highest BCUT2D eigenvalue weighted by molar-refractivity contribution is 5.35. The average molecular weight is 264 g/mol. The molecule has 0 aliphatic carbocycles. The molecule has 2 aromatic rings. The van der Waals surface area contributed by atoms with Crippen molar-refractivity contribution in [3.8, 4) is 0 Å². The highest BCUT2D eigenvalue weighted by atomic mass is 19.1. The maximum absolute atomic E-state index is 13.3. The van der Waals surface area contributed by atoms with Crippen LogP contribution in [0.15, 0.2) is 36.7 Å². The van der Waals surface area contributed by atoms with Crippen molar-refractivity contribution in [2.24, 2.45) is 0 Å². The van der Waals surface area contributed by atoms with Gasteiger partial charge in [0.25, 0.3) is 5.69 Å². The Labute approximate surface area is 109 Å². The molecule has 0 aliphatic rings. The molecule has 2 rings (SSSR count). The van der Waals surface area contributed by atoms with Crippen LogP contribution >= 0.6 is 0 Å². The van der Waals surface area contributed by atoms with E-state index in [9.17, 15) is 19.6 Å². The normalized spacial score (nSPS) is 12.4. The topological polar surface area (TPSA) is 68.3 Å². The number of nitro groups is 1. The SMILES string of the molecule is CC(O)c1ccn(Cc2cc(F)cc([N+](=O)[O-])c2)c1. The van der Waals surface area contributed by atoms with Crippen molar-refractivity contribution in [3.05, 3.63) is 63.7 Å². The maximum atomic E-state index is 13.3. The van der Waals surface area contributed by atoms with Gasteiger partial charge < -0.3 is 9.67 Å². The van der Waals surface area contributed by atoms with E-state index >= 15 is 0 Å². The van der Waals surface area contributed by atoms with E-state index in [-0.39, 0.29) is 5.69 Å². The van der Waals surface area contributed by atoms with Gasteiger partial charge in [0.05, 0.1) is 17.1 Å². The number of nitro benzene ring substituents is 1. The summed E-state index contributed by atoms with van der Waals surface area (Å²) >= 11 is 0. The van der Waals surface area contributed by atoms with Crippen molar-refractivity contribution in [2.45, 2.75) is 19.6 Å². The molecule has 5 nitrogen and oxygen atoms in total. The summed E-state index contributed by atoms with van der Waals surface area (Å²) in [5.74, 6) is -0.632. The van der Waals surface area contributed by atoms with Crippen LogP contribution in [0.1, 0.15) is 24.2 Å². The molecular weight excluding hydrogens is 251 g/mol. The minimum absolute atomic E-state index is 0.266. The van der Waals surface area contributed by atoms with Crippen LogP contribution in [0.5, 0.6) is 0 Å². The molecule has 1 aromatic carbocycles. The summed E-state index contributed by atoms with van der Waals surface area (Å²) in [4.78, 5) is 10.0. The average Bonchev–Trinajstić information content (AvgIpc) is 2.76. The molecule has 1 unspecified atom stereocenters. The van der Waals surface area contributed by atoms with Gasteiger partial charge in [0, 0.05) is 25.0 Å². The van der Waals surface area contributed by atoms with Gasteiger partial charge in [-0.25, -0.2) is 4.39 Å². The van der Waals surface area contributed by atoms with E-state index in [1.807, 2.05) is 0 Å². The van der Waals surface area contributed by atoms with Crippen LogP contribution in [-0.4, -0.2) is 14.6 Å². The van der Waals surface area contributed by atoms with Crippen LogP contribution < -0.4 is 0 Å². The summed E-state index contributed by atoms with van der Waals surface area (Å²) in [5.41, 5.74) is 0.975. The molecule has 19 heavy (non-hydrogen) atoms. The highest BCUT2D eigenvalue weighted by Gasteiger charge is 2.10. The van der Waals surface area contributed by atoms with Crippen LogP contribution in [0, 0.1) is 15.9 Å². The molecule has 1 aromatic heterocycles. The van der Waals surface area contributed by atoms with Crippen molar-refractivity contribution < 1.29 is 14.4 Å². The van der Waals surface area contributed by atoms with E-state index in [0.717, 1.165) is 11.6 Å². The molecule has 0 fully saturated rings. The first-order valence-corrected chi connectivity index (χ1v) is 5.73. The Balaban J connectivity index is 2.24. The van der Waals surface area contributed by atoms with Gasteiger partial charge in [-0.1, -0.05) is 0 Å². The molecular formula is C13H13FN2O3. The van der Waals surface area contributed by atoms with Crippen LogP contribution in [0.25, 0.3) is 0 Å². The summed E-state index contributed by atoms with van der Waals surface area (Å²) in [6.45, 7) is 1.96. The molecule has 0 saturated carbocycles. The zero-order valence-electron chi connectivity index (χ0n) is 10.3. The number of benzene rings is 1. The van der Waals surface area contributed by atoms with Crippen LogP contribution in [0.4, 0.5) is 10.1 Å². The Bertz CT molecular complexity index is 608. The second-order valence-electron chi connectivity index (χ2n) is 4.37. The fourth-order valence-corrected chi connectivity index (χ4v) is 1.85. The molecule has 1 heterocycles. The molecule has 0 radical (unpaired) electrons. The van der Waals surface area contributed by atoms with Crippen LogP contribution in [-0.2, 0) is 6.54 Å². The number of rotatable bonds is 4. The number of aromatic nitrogens is 1. The van der Waals surface area contributed by atoms with Crippen molar-refractivity contribution in [2.75, 3.05) is 0 Å². The zero-order chi connectivity index (χ0) is 14.0. The fourth-order valence-electron chi connectivity index (χ4n) is 1.85. The molecule has 0 amide bonds. The Morgan fingerprint density at radius 3 is 2.79 bits per heavy atom.